The molecule has 2 aromatic rings. The third kappa shape index (κ3) is 3.83. The van der Waals surface area contributed by atoms with E-state index >= 15 is 0 Å². The van der Waals surface area contributed by atoms with E-state index in [-0.39, 0.29) is 4.90 Å². The zero-order valence-corrected chi connectivity index (χ0v) is 13.2. The quantitative estimate of drug-likeness (QED) is 0.856. The molecule has 0 heterocycles. The van der Waals surface area contributed by atoms with E-state index in [1.165, 1.54) is 0 Å². The summed E-state index contributed by atoms with van der Waals surface area (Å²) in [6.07, 6.45) is 0. The number of hydrogen-bond acceptors (Lipinski definition) is 3. The molecule has 21 heavy (non-hydrogen) atoms. The Labute approximate surface area is 126 Å². The second-order valence-corrected chi connectivity index (χ2v) is 7.62. The van der Waals surface area contributed by atoms with Crippen LogP contribution in [0.4, 0.5) is 5.69 Å². The van der Waals surface area contributed by atoms with Crippen molar-refractivity contribution in [1.29, 1.82) is 0 Å². The normalized spacial score (nSPS) is 12.3. The molecular weight excluding hydrogens is 284 g/mol. The van der Waals surface area contributed by atoms with Crippen molar-refractivity contribution in [3.63, 3.8) is 0 Å². The number of hydrogen-bond donors (Lipinski definition) is 2. The van der Waals surface area contributed by atoms with Crippen LogP contribution in [0.2, 0.25) is 0 Å². The molecule has 4 nitrogen and oxygen atoms in total. The van der Waals surface area contributed by atoms with Crippen molar-refractivity contribution in [2.45, 2.75) is 31.2 Å². The van der Waals surface area contributed by atoms with E-state index in [2.05, 4.69) is 4.72 Å². The number of rotatable bonds is 3. The number of nitrogens with two attached hydrogens (primary N) is 1. The van der Waals surface area contributed by atoms with Gasteiger partial charge in [0, 0.05) is 16.8 Å². The molecule has 3 N–H and O–H groups in total. The summed E-state index contributed by atoms with van der Waals surface area (Å²) in [6.45, 7) is 5.45. The van der Waals surface area contributed by atoms with Gasteiger partial charge in [0.25, 0.3) is 0 Å². The van der Waals surface area contributed by atoms with Crippen molar-refractivity contribution in [2.24, 2.45) is 0 Å². The zero-order valence-electron chi connectivity index (χ0n) is 12.4. The van der Waals surface area contributed by atoms with Gasteiger partial charge in [-0.15, -0.1) is 0 Å². The van der Waals surface area contributed by atoms with Crippen LogP contribution < -0.4 is 10.5 Å². The van der Waals surface area contributed by atoms with Crippen LogP contribution >= 0.6 is 0 Å². The largest absolute Gasteiger partial charge is 0.399 e. The van der Waals surface area contributed by atoms with E-state index in [9.17, 15) is 8.42 Å². The highest BCUT2D eigenvalue weighted by molar-refractivity contribution is 7.89. The SMILES string of the molecule is CC(C)(C)NS(=O)(=O)c1ccccc1-c1ccc(N)cc1. The lowest BCUT2D eigenvalue weighted by Gasteiger charge is -2.21. The molecule has 5 heteroatoms. The number of benzene rings is 2. The van der Waals surface area contributed by atoms with Gasteiger partial charge in [0.2, 0.25) is 10.0 Å². The first-order valence-electron chi connectivity index (χ1n) is 6.68. The van der Waals surface area contributed by atoms with E-state index in [0.717, 1.165) is 5.56 Å². The predicted molar refractivity (Wildman–Crippen MR) is 86.4 cm³/mol. The monoisotopic (exact) mass is 304 g/mol. The maximum absolute atomic E-state index is 12.6. The summed E-state index contributed by atoms with van der Waals surface area (Å²) in [5.41, 5.74) is 7.27. The van der Waals surface area contributed by atoms with E-state index in [4.69, 9.17) is 5.73 Å². The Morgan fingerprint density at radius 3 is 2.10 bits per heavy atom. The summed E-state index contributed by atoms with van der Waals surface area (Å²) in [7, 11) is -3.59. The molecule has 0 aromatic heterocycles. The average molecular weight is 304 g/mol. The first-order valence-corrected chi connectivity index (χ1v) is 8.16. The van der Waals surface area contributed by atoms with Crippen molar-refractivity contribution in [2.75, 3.05) is 5.73 Å². The number of nitrogen functional groups attached to an aromatic ring is 1. The Balaban J connectivity index is 2.54. The summed E-state index contributed by atoms with van der Waals surface area (Å²) in [6, 6.07) is 14.1. The van der Waals surface area contributed by atoms with Crippen LogP contribution in [0.15, 0.2) is 53.4 Å². The van der Waals surface area contributed by atoms with Crippen molar-refractivity contribution in [3.8, 4) is 11.1 Å². The summed E-state index contributed by atoms with van der Waals surface area (Å²) < 4.78 is 27.8. The van der Waals surface area contributed by atoms with Gasteiger partial charge in [-0.1, -0.05) is 30.3 Å². The molecule has 0 radical (unpaired) electrons. The first kappa shape index (κ1) is 15.5. The first-order chi connectivity index (χ1) is 9.69. The van der Waals surface area contributed by atoms with Crippen LogP contribution in [0.1, 0.15) is 20.8 Å². The molecule has 0 saturated carbocycles. The van der Waals surface area contributed by atoms with Crippen LogP contribution in [0.25, 0.3) is 11.1 Å². The molecule has 2 rings (SSSR count). The third-order valence-electron chi connectivity index (χ3n) is 2.84. The molecule has 0 atom stereocenters. The van der Waals surface area contributed by atoms with Crippen LogP contribution in [-0.2, 0) is 10.0 Å². The summed E-state index contributed by atoms with van der Waals surface area (Å²) in [4.78, 5) is 0.268. The Bertz CT molecular complexity index is 730. The highest BCUT2D eigenvalue weighted by Crippen LogP contribution is 2.28. The lowest BCUT2D eigenvalue weighted by molar-refractivity contribution is 0.491. The van der Waals surface area contributed by atoms with Gasteiger partial charge in [-0.3, -0.25) is 0 Å². The number of anilines is 1. The minimum Gasteiger partial charge on any atom is -0.399 e. The van der Waals surface area contributed by atoms with Crippen molar-refractivity contribution in [1.82, 2.24) is 4.72 Å². The van der Waals surface area contributed by atoms with Gasteiger partial charge < -0.3 is 5.73 Å². The van der Waals surface area contributed by atoms with E-state index < -0.39 is 15.6 Å². The summed E-state index contributed by atoms with van der Waals surface area (Å²) >= 11 is 0. The van der Waals surface area contributed by atoms with Crippen LogP contribution in [-0.4, -0.2) is 14.0 Å². The van der Waals surface area contributed by atoms with Crippen LogP contribution in [0, 0.1) is 0 Å². The fourth-order valence-electron chi connectivity index (χ4n) is 2.06. The molecule has 0 aliphatic carbocycles. The topological polar surface area (TPSA) is 72.2 Å². The smallest absolute Gasteiger partial charge is 0.241 e. The fourth-order valence-corrected chi connectivity index (χ4v) is 3.71. The molecule has 112 valence electrons. The molecule has 0 unspecified atom stereocenters. The van der Waals surface area contributed by atoms with Gasteiger partial charge >= 0.3 is 0 Å². The summed E-state index contributed by atoms with van der Waals surface area (Å²) in [5, 5.41) is 0. The molecule has 0 saturated heterocycles. The lowest BCUT2D eigenvalue weighted by Crippen LogP contribution is -2.40. The Morgan fingerprint density at radius 2 is 1.52 bits per heavy atom. The molecule has 2 aromatic carbocycles. The molecule has 0 amide bonds. The standard InChI is InChI=1S/C16H20N2O2S/c1-16(2,3)18-21(19,20)15-7-5-4-6-14(15)12-8-10-13(17)11-9-12/h4-11,18H,17H2,1-3H3. The van der Waals surface area contributed by atoms with Gasteiger partial charge in [-0.05, 0) is 44.5 Å². The van der Waals surface area contributed by atoms with E-state index in [1.807, 2.05) is 39.0 Å². The molecular formula is C16H20N2O2S. The molecule has 0 spiro atoms. The lowest BCUT2D eigenvalue weighted by atomic mass is 10.1. The highest BCUT2D eigenvalue weighted by Gasteiger charge is 2.24. The molecule has 0 bridgehead atoms. The molecule has 0 aliphatic heterocycles. The predicted octanol–water partition coefficient (Wildman–Crippen LogP) is 3.01. The van der Waals surface area contributed by atoms with Crippen molar-refractivity contribution >= 4 is 15.7 Å². The van der Waals surface area contributed by atoms with E-state index in [0.29, 0.717) is 11.3 Å². The van der Waals surface area contributed by atoms with Gasteiger partial charge in [0.1, 0.15) is 0 Å². The van der Waals surface area contributed by atoms with Gasteiger partial charge in [0.05, 0.1) is 4.90 Å². The van der Waals surface area contributed by atoms with Crippen molar-refractivity contribution < 1.29 is 8.42 Å². The molecule has 0 fully saturated rings. The van der Waals surface area contributed by atoms with Gasteiger partial charge in [-0.2, -0.15) is 0 Å². The van der Waals surface area contributed by atoms with Crippen molar-refractivity contribution in [3.05, 3.63) is 48.5 Å². The van der Waals surface area contributed by atoms with E-state index in [1.54, 1.807) is 30.3 Å². The highest BCUT2D eigenvalue weighted by atomic mass is 32.2. The number of nitrogens with one attached hydrogen (secondary N) is 1. The number of sulfonamides is 1. The maximum atomic E-state index is 12.6. The third-order valence-corrected chi connectivity index (χ3v) is 4.65. The summed E-state index contributed by atoms with van der Waals surface area (Å²) in [5.74, 6) is 0. The molecule has 0 aliphatic rings. The second-order valence-electron chi connectivity index (χ2n) is 5.97. The van der Waals surface area contributed by atoms with Gasteiger partial charge in [0.15, 0.2) is 0 Å². The maximum Gasteiger partial charge on any atom is 0.241 e. The Kier molecular flexibility index (Phi) is 4.07. The Morgan fingerprint density at radius 1 is 0.952 bits per heavy atom. The van der Waals surface area contributed by atoms with Gasteiger partial charge in [-0.25, -0.2) is 13.1 Å². The minimum absolute atomic E-state index is 0.268. The second kappa shape index (κ2) is 5.50. The van der Waals surface area contributed by atoms with Crippen LogP contribution in [0.5, 0.6) is 0 Å². The minimum atomic E-state index is -3.59. The fraction of sp³-hybridized carbons (Fsp3) is 0.250. The Hall–Kier alpha value is -1.85. The van der Waals surface area contributed by atoms with Crippen LogP contribution in [0.3, 0.4) is 0 Å². The average Bonchev–Trinajstić information content (AvgIpc) is 2.37. The zero-order chi connectivity index (χ0) is 15.7.